The van der Waals surface area contributed by atoms with Gasteiger partial charge in [-0.1, -0.05) is 23.9 Å². The minimum atomic E-state index is -0.0442. The van der Waals surface area contributed by atoms with Crippen LogP contribution in [0.2, 0.25) is 0 Å². The standard InChI is InChI=1S/C18H24N4O3S/c1-3-22-17(13-8-9-13)20-21-18(22)26-12-16(23)19-10-11-25-15-7-5-4-6-14(15)24-2/h4-7,13H,3,8-12H2,1-2H3,(H,19,23). The first-order valence-electron chi connectivity index (χ1n) is 8.81. The van der Waals surface area contributed by atoms with E-state index in [0.717, 1.165) is 17.5 Å². The Bertz CT molecular complexity index is 746. The zero-order chi connectivity index (χ0) is 18.4. The van der Waals surface area contributed by atoms with Crippen LogP contribution in [0.1, 0.15) is 31.5 Å². The molecule has 8 heteroatoms. The molecule has 7 nitrogen and oxygen atoms in total. The fourth-order valence-electron chi connectivity index (χ4n) is 2.62. The van der Waals surface area contributed by atoms with E-state index in [1.54, 1.807) is 7.11 Å². The summed E-state index contributed by atoms with van der Waals surface area (Å²) in [6, 6.07) is 7.44. The predicted octanol–water partition coefficient (Wildman–Crippen LogP) is 2.47. The Morgan fingerprint density at radius 2 is 2.08 bits per heavy atom. The minimum Gasteiger partial charge on any atom is -0.493 e. The van der Waals surface area contributed by atoms with E-state index in [0.29, 0.717) is 36.3 Å². The highest BCUT2D eigenvalue weighted by Gasteiger charge is 2.30. The number of rotatable bonds is 10. The van der Waals surface area contributed by atoms with E-state index in [1.807, 2.05) is 24.3 Å². The molecule has 140 valence electrons. The SMILES string of the molecule is CCn1c(SCC(=O)NCCOc2ccccc2OC)nnc1C1CC1. The molecule has 1 aliphatic carbocycles. The van der Waals surface area contributed by atoms with Gasteiger partial charge in [-0.2, -0.15) is 0 Å². The molecule has 3 rings (SSSR count). The topological polar surface area (TPSA) is 78.3 Å². The van der Waals surface area contributed by atoms with Crippen molar-refractivity contribution in [3.8, 4) is 11.5 Å². The number of amides is 1. The van der Waals surface area contributed by atoms with Crippen LogP contribution in [0.15, 0.2) is 29.4 Å². The van der Waals surface area contributed by atoms with E-state index in [9.17, 15) is 4.79 Å². The fourth-order valence-corrected chi connectivity index (χ4v) is 3.46. The first-order valence-corrected chi connectivity index (χ1v) is 9.80. The fraction of sp³-hybridized carbons (Fsp3) is 0.500. The van der Waals surface area contributed by atoms with Crippen molar-refractivity contribution < 1.29 is 14.3 Å². The van der Waals surface area contributed by atoms with E-state index in [4.69, 9.17) is 9.47 Å². The molecule has 0 saturated heterocycles. The third kappa shape index (κ3) is 4.69. The van der Waals surface area contributed by atoms with Crippen molar-refractivity contribution >= 4 is 17.7 Å². The molecule has 1 aromatic heterocycles. The van der Waals surface area contributed by atoms with Gasteiger partial charge < -0.3 is 19.4 Å². The Hall–Kier alpha value is -2.22. The number of carbonyl (C=O) groups excluding carboxylic acids is 1. The van der Waals surface area contributed by atoms with Crippen LogP contribution in [0.25, 0.3) is 0 Å². The van der Waals surface area contributed by atoms with Crippen LogP contribution in [0, 0.1) is 0 Å². The number of thioether (sulfide) groups is 1. The first kappa shape index (κ1) is 18.6. The Morgan fingerprint density at radius 1 is 1.31 bits per heavy atom. The van der Waals surface area contributed by atoms with Crippen molar-refractivity contribution in [3.05, 3.63) is 30.1 Å². The van der Waals surface area contributed by atoms with Crippen molar-refractivity contribution in [2.24, 2.45) is 0 Å². The first-order chi connectivity index (χ1) is 12.7. The molecule has 1 heterocycles. The number of benzene rings is 1. The zero-order valence-electron chi connectivity index (χ0n) is 15.1. The lowest BCUT2D eigenvalue weighted by molar-refractivity contribution is -0.118. The second-order valence-electron chi connectivity index (χ2n) is 6.00. The van der Waals surface area contributed by atoms with Crippen LogP contribution in [0.3, 0.4) is 0 Å². The maximum atomic E-state index is 12.0. The summed E-state index contributed by atoms with van der Waals surface area (Å²) in [6.07, 6.45) is 2.38. The molecule has 0 bridgehead atoms. The summed E-state index contributed by atoms with van der Waals surface area (Å²) < 4.78 is 13.0. The highest BCUT2D eigenvalue weighted by atomic mass is 32.2. The second kappa shape index (κ2) is 8.93. The molecule has 0 radical (unpaired) electrons. The van der Waals surface area contributed by atoms with Crippen molar-refractivity contribution in [1.82, 2.24) is 20.1 Å². The quantitative estimate of drug-likeness (QED) is 0.507. The number of ether oxygens (including phenoxy) is 2. The maximum Gasteiger partial charge on any atom is 0.230 e. The number of nitrogens with one attached hydrogen (secondary N) is 1. The molecule has 1 aliphatic rings. The van der Waals surface area contributed by atoms with Crippen LogP contribution >= 0.6 is 11.8 Å². The zero-order valence-corrected chi connectivity index (χ0v) is 15.9. The smallest absolute Gasteiger partial charge is 0.230 e. The molecular formula is C18H24N4O3S. The highest BCUT2D eigenvalue weighted by molar-refractivity contribution is 7.99. The molecule has 2 aromatic rings. The Balaban J connectivity index is 1.39. The number of nitrogens with zero attached hydrogens (tertiary/aromatic N) is 3. The second-order valence-corrected chi connectivity index (χ2v) is 6.94. The number of methoxy groups -OCH3 is 1. The van der Waals surface area contributed by atoms with E-state index >= 15 is 0 Å². The number of hydrogen-bond donors (Lipinski definition) is 1. The van der Waals surface area contributed by atoms with Gasteiger partial charge in [0.05, 0.1) is 19.4 Å². The Morgan fingerprint density at radius 3 is 2.77 bits per heavy atom. The summed E-state index contributed by atoms with van der Waals surface area (Å²) in [5, 5.41) is 12.2. The average molecular weight is 376 g/mol. The number of aromatic nitrogens is 3. The van der Waals surface area contributed by atoms with Crippen LogP contribution in [-0.4, -0.2) is 46.7 Å². The molecular weight excluding hydrogens is 352 g/mol. The van der Waals surface area contributed by atoms with Gasteiger partial charge in [-0.25, -0.2) is 0 Å². The number of para-hydroxylation sites is 2. The maximum absolute atomic E-state index is 12.0. The van der Waals surface area contributed by atoms with Gasteiger partial charge in [0.1, 0.15) is 12.4 Å². The van der Waals surface area contributed by atoms with Gasteiger partial charge >= 0.3 is 0 Å². The summed E-state index contributed by atoms with van der Waals surface area (Å²) in [4.78, 5) is 12.0. The van der Waals surface area contributed by atoms with Crippen LogP contribution in [-0.2, 0) is 11.3 Å². The number of hydrogen-bond acceptors (Lipinski definition) is 6. The lowest BCUT2D eigenvalue weighted by Gasteiger charge is -2.11. The Labute approximate surface area is 157 Å². The largest absolute Gasteiger partial charge is 0.493 e. The highest BCUT2D eigenvalue weighted by Crippen LogP contribution is 2.39. The third-order valence-electron chi connectivity index (χ3n) is 4.09. The molecule has 0 aliphatic heterocycles. The normalized spacial score (nSPS) is 13.5. The summed E-state index contributed by atoms with van der Waals surface area (Å²) in [6.45, 7) is 3.73. The van der Waals surface area contributed by atoms with E-state index in [-0.39, 0.29) is 5.91 Å². The summed E-state index contributed by atoms with van der Waals surface area (Å²) in [5.41, 5.74) is 0. The lowest BCUT2D eigenvalue weighted by Crippen LogP contribution is -2.29. The average Bonchev–Trinajstić information content (AvgIpc) is 3.43. The van der Waals surface area contributed by atoms with Crippen molar-refractivity contribution in [3.63, 3.8) is 0 Å². The molecule has 1 fully saturated rings. The summed E-state index contributed by atoms with van der Waals surface area (Å²) >= 11 is 1.42. The van der Waals surface area contributed by atoms with Gasteiger partial charge in [0.25, 0.3) is 0 Å². The van der Waals surface area contributed by atoms with E-state index in [2.05, 4.69) is 27.0 Å². The minimum absolute atomic E-state index is 0.0442. The van der Waals surface area contributed by atoms with Crippen molar-refractivity contribution in [2.75, 3.05) is 26.0 Å². The van der Waals surface area contributed by atoms with Gasteiger partial charge in [-0.3, -0.25) is 4.79 Å². The van der Waals surface area contributed by atoms with Crippen LogP contribution in [0.4, 0.5) is 0 Å². The molecule has 0 spiro atoms. The summed E-state index contributed by atoms with van der Waals surface area (Å²) in [7, 11) is 1.60. The predicted molar refractivity (Wildman–Crippen MR) is 99.9 cm³/mol. The molecule has 1 N–H and O–H groups in total. The molecule has 1 aromatic carbocycles. The van der Waals surface area contributed by atoms with Gasteiger partial charge in [-0.05, 0) is 31.9 Å². The Kier molecular flexibility index (Phi) is 6.38. The molecule has 0 unspecified atom stereocenters. The van der Waals surface area contributed by atoms with Crippen LogP contribution in [0.5, 0.6) is 11.5 Å². The molecule has 1 saturated carbocycles. The molecule has 1 amide bonds. The molecule has 0 atom stereocenters. The summed E-state index contributed by atoms with van der Waals surface area (Å²) in [5.74, 6) is 3.23. The van der Waals surface area contributed by atoms with Gasteiger partial charge in [0.15, 0.2) is 16.7 Å². The van der Waals surface area contributed by atoms with Crippen LogP contribution < -0.4 is 14.8 Å². The van der Waals surface area contributed by atoms with E-state index < -0.39 is 0 Å². The number of carbonyl (C=O) groups is 1. The third-order valence-corrected chi connectivity index (χ3v) is 5.05. The van der Waals surface area contributed by atoms with Gasteiger partial charge in [0.2, 0.25) is 5.91 Å². The monoisotopic (exact) mass is 376 g/mol. The van der Waals surface area contributed by atoms with E-state index in [1.165, 1.54) is 24.6 Å². The van der Waals surface area contributed by atoms with Gasteiger partial charge in [-0.15, -0.1) is 10.2 Å². The van der Waals surface area contributed by atoms with Gasteiger partial charge in [0, 0.05) is 12.5 Å². The lowest BCUT2D eigenvalue weighted by atomic mass is 10.3. The van der Waals surface area contributed by atoms with Crippen molar-refractivity contribution in [2.45, 2.75) is 37.4 Å². The van der Waals surface area contributed by atoms with Crippen molar-refractivity contribution in [1.29, 1.82) is 0 Å². The molecule has 26 heavy (non-hydrogen) atoms.